The second-order valence-electron chi connectivity index (χ2n) is 4.56. The normalized spacial score (nSPS) is 10.9. The van der Waals surface area contributed by atoms with E-state index in [2.05, 4.69) is 0 Å². The van der Waals surface area contributed by atoms with Crippen LogP contribution in [0.1, 0.15) is 21.7 Å². The number of aryl methyl sites for hydroxylation is 1. The molecule has 0 fully saturated rings. The lowest BCUT2D eigenvalue weighted by Crippen LogP contribution is -2.02. The molecule has 0 saturated heterocycles. The Balaban J connectivity index is 2.10. The van der Waals surface area contributed by atoms with E-state index in [0.717, 1.165) is 5.56 Å². The molecule has 100 valence electrons. The Hall–Kier alpha value is -2.13. The third kappa shape index (κ3) is 2.10. The van der Waals surface area contributed by atoms with Crippen molar-refractivity contribution in [2.24, 2.45) is 0 Å². The zero-order valence-corrected chi connectivity index (χ0v) is 11.4. The van der Waals surface area contributed by atoms with Gasteiger partial charge in [0.2, 0.25) is 5.78 Å². The molecule has 0 radical (unpaired) electrons. The highest BCUT2D eigenvalue weighted by Gasteiger charge is 2.17. The second-order valence-corrected chi connectivity index (χ2v) is 4.99. The second kappa shape index (κ2) is 4.76. The molecule has 0 aliphatic heterocycles. The topological polar surface area (TPSA) is 30.2 Å². The molecule has 0 N–H and O–H groups in total. The highest BCUT2D eigenvalue weighted by Crippen LogP contribution is 2.25. The van der Waals surface area contributed by atoms with E-state index < -0.39 is 5.82 Å². The number of fused-ring (bicyclic) bond motifs is 1. The van der Waals surface area contributed by atoms with Crippen LogP contribution in [0.3, 0.4) is 0 Å². The van der Waals surface area contributed by atoms with Crippen LogP contribution in [0, 0.1) is 12.7 Å². The summed E-state index contributed by atoms with van der Waals surface area (Å²) in [6.07, 6.45) is 0. The number of para-hydroxylation sites is 1. The van der Waals surface area contributed by atoms with Crippen molar-refractivity contribution in [2.45, 2.75) is 6.92 Å². The molecular formula is C16H10ClFO2. The van der Waals surface area contributed by atoms with E-state index in [4.69, 9.17) is 16.0 Å². The molecule has 0 unspecified atom stereocenters. The van der Waals surface area contributed by atoms with Gasteiger partial charge >= 0.3 is 0 Å². The van der Waals surface area contributed by atoms with Crippen LogP contribution in [0.5, 0.6) is 0 Å². The SMILES string of the molecule is Cc1cc(Cl)ccc1C(=O)c1cc2cccc(F)c2o1. The zero-order valence-electron chi connectivity index (χ0n) is 10.6. The lowest BCUT2D eigenvalue weighted by molar-refractivity contribution is 0.101. The minimum Gasteiger partial charge on any atom is -0.449 e. The Morgan fingerprint density at radius 2 is 2.00 bits per heavy atom. The maximum Gasteiger partial charge on any atom is 0.228 e. The number of hydrogen-bond donors (Lipinski definition) is 0. The Bertz CT molecular complexity index is 820. The van der Waals surface area contributed by atoms with Crippen LogP contribution in [0.15, 0.2) is 46.9 Å². The molecule has 4 heteroatoms. The van der Waals surface area contributed by atoms with Gasteiger partial charge in [0, 0.05) is 16.0 Å². The minimum atomic E-state index is -0.477. The third-order valence-electron chi connectivity index (χ3n) is 3.15. The van der Waals surface area contributed by atoms with Gasteiger partial charge in [-0.2, -0.15) is 0 Å². The summed E-state index contributed by atoms with van der Waals surface area (Å²) in [5.74, 6) is -0.639. The summed E-state index contributed by atoms with van der Waals surface area (Å²) < 4.78 is 18.9. The molecule has 0 atom stereocenters. The van der Waals surface area contributed by atoms with E-state index in [1.54, 1.807) is 43.3 Å². The van der Waals surface area contributed by atoms with Gasteiger partial charge in [0.15, 0.2) is 17.2 Å². The van der Waals surface area contributed by atoms with Crippen LogP contribution in [-0.2, 0) is 0 Å². The lowest BCUT2D eigenvalue weighted by atomic mass is 10.0. The molecule has 2 aromatic carbocycles. The van der Waals surface area contributed by atoms with Crippen LogP contribution in [0.4, 0.5) is 4.39 Å². The first kappa shape index (κ1) is 12.9. The van der Waals surface area contributed by atoms with Crippen molar-refractivity contribution < 1.29 is 13.6 Å². The quantitative estimate of drug-likeness (QED) is 0.636. The van der Waals surface area contributed by atoms with Crippen LogP contribution in [-0.4, -0.2) is 5.78 Å². The van der Waals surface area contributed by atoms with Gasteiger partial charge in [-0.25, -0.2) is 4.39 Å². The van der Waals surface area contributed by atoms with Crippen molar-refractivity contribution in [1.29, 1.82) is 0 Å². The van der Waals surface area contributed by atoms with E-state index in [9.17, 15) is 9.18 Å². The van der Waals surface area contributed by atoms with Crippen LogP contribution >= 0.6 is 11.6 Å². The average molecular weight is 289 g/mol. The molecule has 0 amide bonds. The number of rotatable bonds is 2. The molecule has 2 nitrogen and oxygen atoms in total. The minimum absolute atomic E-state index is 0.0995. The van der Waals surface area contributed by atoms with E-state index in [0.29, 0.717) is 16.0 Å². The highest BCUT2D eigenvalue weighted by atomic mass is 35.5. The van der Waals surface area contributed by atoms with Crippen LogP contribution < -0.4 is 0 Å². The van der Waals surface area contributed by atoms with Gasteiger partial charge in [-0.15, -0.1) is 0 Å². The fourth-order valence-electron chi connectivity index (χ4n) is 2.15. The third-order valence-corrected chi connectivity index (χ3v) is 3.39. The Morgan fingerprint density at radius 1 is 1.20 bits per heavy atom. The predicted molar refractivity (Wildman–Crippen MR) is 75.8 cm³/mol. The van der Waals surface area contributed by atoms with Crippen molar-refractivity contribution in [3.63, 3.8) is 0 Å². The van der Waals surface area contributed by atoms with E-state index in [-0.39, 0.29) is 17.1 Å². The number of hydrogen-bond acceptors (Lipinski definition) is 2. The lowest BCUT2D eigenvalue weighted by Gasteiger charge is -2.02. The number of carbonyl (C=O) groups is 1. The number of halogens is 2. The number of ketones is 1. The summed E-state index contributed by atoms with van der Waals surface area (Å²) in [4.78, 5) is 12.4. The van der Waals surface area contributed by atoms with Crippen molar-refractivity contribution in [2.75, 3.05) is 0 Å². The molecule has 0 bridgehead atoms. The van der Waals surface area contributed by atoms with E-state index in [1.807, 2.05) is 0 Å². The standard InChI is InChI=1S/C16H10ClFO2/c1-9-7-11(17)5-6-12(9)15(19)14-8-10-3-2-4-13(18)16(10)20-14/h2-8H,1H3. The molecule has 1 aromatic heterocycles. The van der Waals surface area contributed by atoms with E-state index in [1.165, 1.54) is 6.07 Å². The largest absolute Gasteiger partial charge is 0.449 e. The van der Waals surface area contributed by atoms with Gasteiger partial charge in [-0.05, 0) is 42.8 Å². The summed E-state index contributed by atoms with van der Waals surface area (Å²) >= 11 is 5.87. The maximum absolute atomic E-state index is 13.6. The van der Waals surface area contributed by atoms with E-state index >= 15 is 0 Å². The molecule has 3 aromatic rings. The first-order valence-electron chi connectivity index (χ1n) is 6.05. The fourth-order valence-corrected chi connectivity index (χ4v) is 2.38. The van der Waals surface area contributed by atoms with Crippen molar-refractivity contribution in [1.82, 2.24) is 0 Å². The molecule has 0 saturated carbocycles. The van der Waals surface area contributed by atoms with Crippen molar-refractivity contribution in [3.8, 4) is 0 Å². The van der Waals surface area contributed by atoms with Crippen molar-refractivity contribution in [3.05, 3.63) is 70.2 Å². The Morgan fingerprint density at radius 3 is 2.70 bits per heavy atom. The molecule has 0 spiro atoms. The van der Waals surface area contributed by atoms with Gasteiger partial charge in [0.25, 0.3) is 0 Å². The fraction of sp³-hybridized carbons (Fsp3) is 0.0625. The van der Waals surface area contributed by atoms with Crippen LogP contribution in [0.25, 0.3) is 11.0 Å². The molecule has 20 heavy (non-hydrogen) atoms. The molecular weight excluding hydrogens is 279 g/mol. The molecule has 0 aliphatic rings. The monoisotopic (exact) mass is 288 g/mol. The molecule has 0 aliphatic carbocycles. The number of benzene rings is 2. The average Bonchev–Trinajstić information content (AvgIpc) is 2.83. The van der Waals surface area contributed by atoms with Gasteiger partial charge in [-0.3, -0.25) is 4.79 Å². The Labute approximate surface area is 119 Å². The van der Waals surface area contributed by atoms with Gasteiger partial charge in [-0.1, -0.05) is 23.7 Å². The first-order chi connectivity index (χ1) is 9.56. The summed E-state index contributed by atoms with van der Waals surface area (Å²) in [6, 6.07) is 11.1. The summed E-state index contributed by atoms with van der Waals surface area (Å²) in [7, 11) is 0. The highest BCUT2D eigenvalue weighted by molar-refractivity contribution is 6.30. The Kier molecular flexibility index (Phi) is 3.07. The molecule has 1 heterocycles. The van der Waals surface area contributed by atoms with Gasteiger partial charge < -0.3 is 4.42 Å². The molecule has 3 rings (SSSR count). The summed E-state index contributed by atoms with van der Waals surface area (Å²) in [5.41, 5.74) is 1.35. The zero-order chi connectivity index (χ0) is 14.3. The maximum atomic E-state index is 13.6. The van der Waals surface area contributed by atoms with Crippen molar-refractivity contribution >= 4 is 28.4 Å². The first-order valence-corrected chi connectivity index (χ1v) is 6.43. The smallest absolute Gasteiger partial charge is 0.228 e. The number of furan rings is 1. The summed E-state index contributed by atoms with van der Waals surface area (Å²) in [6.45, 7) is 1.79. The van der Waals surface area contributed by atoms with Gasteiger partial charge in [0.05, 0.1) is 0 Å². The van der Waals surface area contributed by atoms with Crippen LogP contribution in [0.2, 0.25) is 5.02 Å². The number of carbonyl (C=O) groups excluding carboxylic acids is 1. The van der Waals surface area contributed by atoms with Gasteiger partial charge in [0.1, 0.15) is 0 Å². The predicted octanol–water partition coefficient (Wildman–Crippen LogP) is 4.76. The summed E-state index contributed by atoms with van der Waals surface area (Å²) in [5, 5.41) is 1.13.